The third-order valence-corrected chi connectivity index (χ3v) is 8.15. The summed E-state index contributed by atoms with van der Waals surface area (Å²) in [6.07, 6.45) is 7.17. The van der Waals surface area contributed by atoms with Gasteiger partial charge in [-0.25, -0.2) is 0 Å². The van der Waals surface area contributed by atoms with Crippen LogP contribution < -0.4 is 0 Å². The van der Waals surface area contributed by atoms with E-state index in [2.05, 4.69) is 115 Å². The average Bonchev–Trinajstić information content (AvgIpc) is 3.16. The maximum Gasteiger partial charge on any atom is 0.0970 e. The predicted molar refractivity (Wildman–Crippen MR) is 196 cm³/mol. The van der Waals surface area contributed by atoms with Crippen LogP contribution in [0.15, 0.2) is 158 Å². The van der Waals surface area contributed by atoms with E-state index in [1.807, 2.05) is 67.0 Å². The van der Waals surface area contributed by atoms with Crippen molar-refractivity contribution >= 4 is 11.0 Å². The summed E-state index contributed by atoms with van der Waals surface area (Å²) in [5.74, 6) is 0. The summed E-state index contributed by atoms with van der Waals surface area (Å²) in [5.41, 5.74) is 14.6. The number of hydrogen-bond acceptors (Lipinski definition) is 4. The molecule has 5 aromatic carbocycles. The van der Waals surface area contributed by atoms with E-state index in [1.54, 1.807) is 12.4 Å². The van der Waals surface area contributed by atoms with Crippen molar-refractivity contribution in [1.82, 2.24) is 19.9 Å². The molecule has 0 aliphatic heterocycles. The standard InChI is InChI=1S/C32H22N3.C12H10N.Ir/c1-22-10-12-24(13-11-22)27-16-17-28(32-31(27)34-19-20-35-32)29-21-25(30-9-5-6-18-33-30)14-15-26(29)23-7-3-2-4-8-23;1-10-7-8-13-12(9-10)11-5-3-2-4-6-11;/h2-13,15-21H,1H3;2-5,7-9H,1H3;/q2*-1;. The second-order valence-corrected chi connectivity index (χ2v) is 11.5. The number of fused-ring (bicyclic) bond motifs is 1. The van der Waals surface area contributed by atoms with Crippen molar-refractivity contribution in [2.24, 2.45) is 0 Å². The molecule has 3 aromatic heterocycles. The quantitative estimate of drug-likeness (QED) is 0.163. The second-order valence-electron chi connectivity index (χ2n) is 11.5. The van der Waals surface area contributed by atoms with Gasteiger partial charge in [-0.1, -0.05) is 113 Å². The van der Waals surface area contributed by atoms with Crippen molar-refractivity contribution < 1.29 is 20.1 Å². The first-order valence-electron chi connectivity index (χ1n) is 15.9. The molecule has 0 saturated carbocycles. The van der Waals surface area contributed by atoms with Crippen LogP contribution in [0, 0.1) is 26.0 Å². The zero-order valence-electron chi connectivity index (χ0n) is 27.1. The Morgan fingerprint density at radius 2 is 1.12 bits per heavy atom. The summed E-state index contributed by atoms with van der Waals surface area (Å²) in [4.78, 5) is 18.4. The molecule has 49 heavy (non-hydrogen) atoms. The molecule has 4 nitrogen and oxygen atoms in total. The Bertz CT molecular complexity index is 2290. The molecule has 0 N–H and O–H groups in total. The fourth-order valence-electron chi connectivity index (χ4n) is 5.72. The first kappa shape index (κ1) is 33.3. The van der Waals surface area contributed by atoms with Crippen LogP contribution in [0.5, 0.6) is 0 Å². The van der Waals surface area contributed by atoms with Gasteiger partial charge in [0.1, 0.15) is 0 Å². The van der Waals surface area contributed by atoms with E-state index >= 15 is 0 Å². The normalized spacial score (nSPS) is 10.5. The molecule has 0 aliphatic carbocycles. The predicted octanol–water partition coefficient (Wildman–Crippen LogP) is 10.7. The van der Waals surface area contributed by atoms with Crippen LogP contribution in [0.3, 0.4) is 0 Å². The van der Waals surface area contributed by atoms with Crippen LogP contribution in [0.2, 0.25) is 0 Å². The van der Waals surface area contributed by atoms with Crippen LogP contribution in [0.1, 0.15) is 11.1 Å². The van der Waals surface area contributed by atoms with Crippen molar-refractivity contribution in [3.63, 3.8) is 0 Å². The molecule has 3 heterocycles. The van der Waals surface area contributed by atoms with E-state index in [4.69, 9.17) is 9.97 Å². The van der Waals surface area contributed by atoms with Gasteiger partial charge in [-0.05, 0) is 48.5 Å². The molecule has 0 unspecified atom stereocenters. The van der Waals surface area contributed by atoms with Gasteiger partial charge in [0.2, 0.25) is 0 Å². The average molecular weight is 809 g/mol. The molecule has 8 rings (SSSR count). The molecule has 8 aromatic rings. The van der Waals surface area contributed by atoms with Gasteiger partial charge < -0.3 is 9.97 Å². The van der Waals surface area contributed by atoms with E-state index in [0.717, 1.165) is 66.9 Å². The molecule has 0 saturated heterocycles. The van der Waals surface area contributed by atoms with Crippen LogP contribution in [-0.4, -0.2) is 19.9 Å². The fraction of sp³-hybridized carbons (Fsp3) is 0.0455. The number of hydrogen-bond donors (Lipinski definition) is 0. The number of aromatic nitrogens is 4. The Morgan fingerprint density at radius 1 is 0.429 bits per heavy atom. The Hall–Kier alpha value is -5.61. The largest absolute Gasteiger partial charge is 0.305 e. The first-order chi connectivity index (χ1) is 23.6. The van der Waals surface area contributed by atoms with Crippen molar-refractivity contribution in [3.05, 3.63) is 182 Å². The third kappa shape index (κ3) is 7.60. The van der Waals surface area contributed by atoms with Crippen molar-refractivity contribution in [2.75, 3.05) is 0 Å². The fourth-order valence-corrected chi connectivity index (χ4v) is 5.72. The molecule has 1 radical (unpaired) electrons. The van der Waals surface area contributed by atoms with E-state index in [9.17, 15) is 0 Å². The van der Waals surface area contributed by atoms with Gasteiger partial charge in [-0.3, -0.25) is 9.97 Å². The third-order valence-electron chi connectivity index (χ3n) is 8.15. The second kappa shape index (κ2) is 15.5. The molecule has 0 atom stereocenters. The number of rotatable bonds is 5. The van der Waals surface area contributed by atoms with Gasteiger partial charge in [0, 0.05) is 50.5 Å². The topological polar surface area (TPSA) is 51.6 Å². The number of nitrogens with zero attached hydrogens (tertiary/aromatic N) is 4. The van der Waals surface area contributed by atoms with E-state index < -0.39 is 0 Å². The molecular weight excluding hydrogens is 777 g/mol. The summed E-state index contributed by atoms with van der Waals surface area (Å²) in [6.45, 7) is 4.16. The van der Waals surface area contributed by atoms with E-state index in [1.165, 1.54) is 11.1 Å². The Balaban J connectivity index is 0.000000250. The van der Waals surface area contributed by atoms with Crippen molar-refractivity contribution in [1.29, 1.82) is 0 Å². The Kier molecular flexibility index (Phi) is 10.6. The first-order valence-corrected chi connectivity index (χ1v) is 15.9. The number of benzene rings is 5. The zero-order chi connectivity index (χ0) is 32.7. The maximum absolute atomic E-state index is 4.81. The minimum Gasteiger partial charge on any atom is -0.305 e. The minimum absolute atomic E-state index is 0. The van der Waals surface area contributed by atoms with Crippen molar-refractivity contribution in [3.8, 4) is 55.9 Å². The molecule has 239 valence electrons. The van der Waals surface area contributed by atoms with Crippen molar-refractivity contribution in [2.45, 2.75) is 13.8 Å². The smallest absolute Gasteiger partial charge is 0.0970 e. The van der Waals surface area contributed by atoms with Gasteiger partial charge in [0.15, 0.2) is 0 Å². The molecule has 0 spiro atoms. The van der Waals surface area contributed by atoms with Gasteiger partial charge in [-0.15, -0.1) is 59.7 Å². The van der Waals surface area contributed by atoms with E-state index in [-0.39, 0.29) is 20.1 Å². The van der Waals surface area contributed by atoms with Gasteiger partial charge in [0.25, 0.3) is 0 Å². The Morgan fingerprint density at radius 3 is 1.84 bits per heavy atom. The molecule has 0 aliphatic rings. The van der Waals surface area contributed by atoms with E-state index in [0.29, 0.717) is 0 Å². The molecule has 0 amide bonds. The Labute approximate surface area is 301 Å². The van der Waals surface area contributed by atoms with Gasteiger partial charge >= 0.3 is 0 Å². The van der Waals surface area contributed by atoms with Gasteiger partial charge in [0.05, 0.1) is 11.0 Å². The van der Waals surface area contributed by atoms with Crippen LogP contribution in [-0.2, 0) is 20.1 Å². The number of aryl methyl sites for hydroxylation is 2. The maximum atomic E-state index is 4.81. The summed E-state index contributed by atoms with van der Waals surface area (Å²) >= 11 is 0. The zero-order valence-corrected chi connectivity index (χ0v) is 29.5. The monoisotopic (exact) mass is 809 g/mol. The molecular formula is C44H32IrN4-2. The van der Waals surface area contributed by atoms with Gasteiger partial charge in [-0.2, -0.15) is 0 Å². The summed E-state index contributed by atoms with van der Waals surface area (Å²) < 4.78 is 0. The van der Waals surface area contributed by atoms with Crippen LogP contribution >= 0.6 is 0 Å². The minimum atomic E-state index is 0. The van der Waals surface area contributed by atoms with Crippen LogP contribution in [0.25, 0.3) is 66.9 Å². The summed E-state index contributed by atoms with van der Waals surface area (Å²) in [6, 6.07) is 52.0. The number of pyridine rings is 2. The SMILES string of the molecule is Cc1ccc(-c2ccc(-c3cc(-c4ccccn4)[c-]cc3-c3ccccc3)c3nccnc23)cc1.Cc1ccnc(-c2[c-]cccc2)c1.[Ir]. The molecule has 0 bridgehead atoms. The van der Waals surface area contributed by atoms with Crippen LogP contribution in [0.4, 0.5) is 0 Å². The molecule has 5 heteroatoms. The summed E-state index contributed by atoms with van der Waals surface area (Å²) in [5, 5.41) is 0. The summed E-state index contributed by atoms with van der Waals surface area (Å²) in [7, 11) is 0. The molecule has 0 fully saturated rings.